The largest absolute Gasteiger partial charge is 0.373 e. The summed E-state index contributed by atoms with van der Waals surface area (Å²) in [6.45, 7) is 9.76. The van der Waals surface area contributed by atoms with Gasteiger partial charge in [0.1, 0.15) is 11.6 Å². The van der Waals surface area contributed by atoms with E-state index in [4.69, 9.17) is 0 Å². The fourth-order valence-electron chi connectivity index (χ4n) is 3.10. The quantitative estimate of drug-likeness (QED) is 0.587. The van der Waals surface area contributed by atoms with Crippen molar-refractivity contribution in [2.24, 2.45) is 0 Å². The van der Waals surface area contributed by atoms with E-state index in [0.29, 0.717) is 22.4 Å². The van der Waals surface area contributed by atoms with Gasteiger partial charge in [0.2, 0.25) is 0 Å². The summed E-state index contributed by atoms with van der Waals surface area (Å²) < 4.78 is 0. The van der Waals surface area contributed by atoms with E-state index in [1.54, 1.807) is 19.4 Å². The molecule has 0 spiro atoms. The van der Waals surface area contributed by atoms with Crippen LogP contribution in [0, 0.1) is 6.92 Å². The second-order valence-electron chi connectivity index (χ2n) is 6.96. The predicted molar refractivity (Wildman–Crippen MR) is 122 cm³/mol. The predicted octanol–water partition coefficient (Wildman–Crippen LogP) is 2.86. The molecule has 1 unspecified atom stereocenters. The maximum absolute atomic E-state index is 12.6. The number of rotatable bonds is 6. The minimum atomic E-state index is -0.204. The van der Waals surface area contributed by atoms with Crippen LogP contribution in [0.1, 0.15) is 41.4 Å². The summed E-state index contributed by atoms with van der Waals surface area (Å²) >= 11 is 0. The maximum Gasteiger partial charge on any atom is 0.257 e. The Morgan fingerprint density at radius 1 is 1.20 bits per heavy atom. The zero-order valence-corrected chi connectivity index (χ0v) is 17.7. The van der Waals surface area contributed by atoms with Crippen LogP contribution in [-0.4, -0.2) is 27.9 Å². The Morgan fingerprint density at radius 3 is 2.67 bits per heavy atom. The number of anilines is 3. The molecule has 1 atom stereocenters. The van der Waals surface area contributed by atoms with Crippen LogP contribution in [0.4, 0.5) is 17.3 Å². The van der Waals surface area contributed by atoms with Crippen LogP contribution in [0.5, 0.6) is 0 Å². The molecule has 154 valence electrons. The number of aromatic nitrogens is 3. The third kappa shape index (κ3) is 4.81. The molecule has 2 heterocycles. The minimum absolute atomic E-state index is 0.0363. The first-order valence-corrected chi connectivity index (χ1v) is 9.72. The van der Waals surface area contributed by atoms with E-state index in [1.807, 2.05) is 57.2 Å². The van der Waals surface area contributed by atoms with Gasteiger partial charge in [-0.3, -0.25) is 9.78 Å². The van der Waals surface area contributed by atoms with Crippen LogP contribution in [0.25, 0.3) is 12.7 Å². The zero-order valence-electron chi connectivity index (χ0n) is 17.7. The third-order valence-corrected chi connectivity index (χ3v) is 4.74. The summed E-state index contributed by atoms with van der Waals surface area (Å²) in [5, 5.41) is 10.7. The molecule has 0 bridgehead atoms. The summed E-state index contributed by atoms with van der Waals surface area (Å²) in [5.74, 6) is 1.20. The maximum atomic E-state index is 12.6. The molecule has 0 aliphatic carbocycles. The number of carbonyl (C=O) groups excluding carboxylic acids is 1. The van der Waals surface area contributed by atoms with Gasteiger partial charge in [-0.2, -0.15) is 0 Å². The van der Waals surface area contributed by atoms with Crippen molar-refractivity contribution in [1.82, 2.24) is 15.0 Å². The molecule has 7 heteroatoms. The minimum Gasteiger partial charge on any atom is -0.373 e. The summed E-state index contributed by atoms with van der Waals surface area (Å²) in [6.07, 6.45) is 5.13. The van der Waals surface area contributed by atoms with Gasteiger partial charge in [0.15, 0.2) is 0 Å². The van der Waals surface area contributed by atoms with Crippen molar-refractivity contribution < 1.29 is 4.79 Å². The molecule has 30 heavy (non-hydrogen) atoms. The highest BCUT2D eigenvalue weighted by molar-refractivity contribution is 6.04. The number of benzene rings is 1. The average Bonchev–Trinajstić information content (AvgIpc) is 2.74. The van der Waals surface area contributed by atoms with Crippen LogP contribution >= 0.6 is 0 Å². The molecule has 3 N–H and O–H groups in total. The standard InChI is InChI=1S/C23H26N6O/c1-6-20-16(4)28-21(13-25-20)27-15(3)17-8-7-9-19(11-17)29-23(30)18-10-14(2)22(24-5)26-12-18/h6-13,15H,4H2,1-3,5H3,(H,24,26)(H,27,28)(H,29,30)/b20-6+. The van der Waals surface area contributed by atoms with E-state index in [-0.39, 0.29) is 11.9 Å². The molecule has 0 aliphatic heterocycles. The van der Waals surface area contributed by atoms with Gasteiger partial charge in [0.25, 0.3) is 5.91 Å². The van der Waals surface area contributed by atoms with Gasteiger partial charge in [0, 0.05) is 18.9 Å². The monoisotopic (exact) mass is 402 g/mol. The van der Waals surface area contributed by atoms with Crippen molar-refractivity contribution in [3.05, 3.63) is 70.1 Å². The molecule has 0 aliphatic rings. The molecule has 2 aromatic heterocycles. The highest BCUT2D eigenvalue weighted by Crippen LogP contribution is 2.21. The lowest BCUT2D eigenvalue weighted by atomic mass is 10.1. The molecule has 0 saturated carbocycles. The van der Waals surface area contributed by atoms with Gasteiger partial charge in [-0.05, 0) is 50.1 Å². The number of hydrogen-bond donors (Lipinski definition) is 3. The smallest absolute Gasteiger partial charge is 0.257 e. The van der Waals surface area contributed by atoms with Crippen LogP contribution in [0.15, 0.2) is 42.7 Å². The molecule has 3 rings (SSSR count). The Morgan fingerprint density at radius 2 is 2.00 bits per heavy atom. The van der Waals surface area contributed by atoms with E-state index < -0.39 is 0 Å². The van der Waals surface area contributed by atoms with Gasteiger partial charge in [-0.1, -0.05) is 24.8 Å². The Bertz CT molecular complexity index is 1170. The number of amides is 1. The Labute approximate surface area is 176 Å². The lowest BCUT2D eigenvalue weighted by Gasteiger charge is -2.16. The van der Waals surface area contributed by atoms with Crippen LogP contribution in [0.3, 0.4) is 0 Å². The van der Waals surface area contributed by atoms with E-state index in [2.05, 4.69) is 37.5 Å². The lowest BCUT2D eigenvalue weighted by Crippen LogP contribution is -2.30. The van der Waals surface area contributed by atoms with E-state index >= 15 is 0 Å². The summed E-state index contributed by atoms with van der Waals surface area (Å²) in [6, 6.07) is 9.47. The van der Waals surface area contributed by atoms with Crippen molar-refractivity contribution in [2.45, 2.75) is 26.8 Å². The SMILES string of the molecule is C=c1nc(NC(C)c2cccc(NC(=O)c3cnc(NC)c(C)c3)c2)cn/c1=C/C. The summed E-state index contributed by atoms with van der Waals surface area (Å²) in [5.41, 5.74) is 3.14. The molecule has 0 saturated heterocycles. The van der Waals surface area contributed by atoms with Crippen LogP contribution in [0.2, 0.25) is 0 Å². The van der Waals surface area contributed by atoms with Gasteiger partial charge >= 0.3 is 0 Å². The molecular formula is C23H26N6O. The normalized spacial score (nSPS) is 12.3. The average molecular weight is 403 g/mol. The van der Waals surface area contributed by atoms with Crippen molar-refractivity contribution in [1.29, 1.82) is 0 Å². The summed E-state index contributed by atoms with van der Waals surface area (Å²) in [7, 11) is 1.80. The van der Waals surface area contributed by atoms with Crippen molar-refractivity contribution in [3.8, 4) is 0 Å². The number of pyridine rings is 1. The fraction of sp³-hybridized carbons (Fsp3) is 0.217. The van der Waals surface area contributed by atoms with Crippen molar-refractivity contribution in [3.63, 3.8) is 0 Å². The molecule has 3 aromatic rings. The second-order valence-corrected chi connectivity index (χ2v) is 6.96. The van der Waals surface area contributed by atoms with E-state index in [0.717, 1.165) is 22.3 Å². The van der Waals surface area contributed by atoms with Gasteiger partial charge in [0.05, 0.1) is 28.5 Å². The van der Waals surface area contributed by atoms with Crippen LogP contribution in [-0.2, 0) is 0 Å². The van der Waals surface area contributed by atoms with Gasteiger partial charge in [-0.15, -0.1) is 0 Å². The lowest BCUT2D eigenvalue weighted by molar-refractivity contribution is 0.102. The van der Waals surface area contributed by atoms with E-state index in [9.17, 15) is 4.79 Å². The number of carbonyl (C=O) groups is 1. The van der Waals surface area contributed by atoms with Gasteiger partial charge < -0.3 is 16.0 Å². The second kappa shape index (κ2) is 9.17. The van der Waals surface area contributed by atoms with E-state index in [1.165, 1.54) is 0 Å². The number of nitrogens with one attached hydrogen (secondary N) is 3. The topological polar surface area (TPSA) is 91.8 Å². The highest BCUT2D eigenvalue weighted by atomic mass is 16.1. The molecule has 0 radical (unpaired) electrons. The molecule has 1 aromatic carbocycles. The molecule has 7 nitrogen and oxygen atoms in total. The first kappa shape index (κ1) is 21.0. The molecule has 0 fully saturated rings. The first-order valence-electron chi connectivity index (χ1n) is 9.72. The summed E-state index contributed by atoms with van der Waals surface area (Å²) in [4.78, 5) is 25.7. The first-order chi connectivity index (χ1) is 14.4. The number of nitrogens with zero attached hydrogens (tertiary/aromatic N) is 3. The highest BCUT2D eigenvalue weighted by Gasteiger charge is 2.11. The van der Waals surface area contributed by atoms with Gasteiger partial charge in [-0.25, -0.2) is 9.97 Å². The van der Waals surface area contributed by atoms with Crippen molar-refractivity contribution in [2.75, 3.05) is 23.0 Å². The zero-order chi connectivity index (χ0) is 21.7. The number of hydrogen-bond acceptors (Lipinski definition) is 6. The fourth-order valence-corrected chi connectivity index (χ4v) is 3.10. The Balaban J connectivity index is 1.73. The Kier molecular flexibility index (Phi) is 6.41. The molecular weight excluding hydrogens is 376 g/mol. The molecule has 1 amide bonds. The number of aryl methyl sites for hydroxylation is 1. The van der Waals surface area contributed by atoms with Crippen LogP contribution < -0.4 is 26.6 Å². The Hall–Kier alpha value is -3.74. The van der Waals surface area contributed by atoms with Crippen molar-refractivity contribution >= 4 is 35.9 Å². The third-order valence-electron chi connectivity index (χ3n) is 4.74.